The number of anilines is 1. The van der Waals surface area contributed by atoms with Crippen LogP contribution in [0.4, 0.5) is 10.1 Å². The van der Waals surface area contributed by atoms with Gasteiger partial charge in [0.2, 0.25) is 0 Å². The number of aromatic nitrogens is 1. The minimum absolute atomic E-state index is 0.150. The smallest absolute Gasteiger partial charge is 0.354 e. The fourth-order valence-corrected chi connectivity index (χ4v) is 1.58. The zero-order valence-corrected chi connectivity index (χ0v) is 10.6. The summed E-state index contributed by atoms with van der Waals surface area (Å²) in [5.74, 6) is -2.11. The van der Waals surface area contributed by atoms with Crippen LogP contribution in [-0.2, 0) is 0 Å². The van der Waals surface area contributed by atoms with E-state index in [2.05, 4.69) is 10.3 Å². The molecule has 0 spiro atoms. The van der Waals surface area contributed by atoms with Crippen molar-refractivity contribution >= 4 is 17.6 Å². The number of amides is 1. The summed E-state index contributed by atoms with van der Waals surface area (Å²) in [6.45, 7) is 1.74. The quantitative estimate of drug-likeness (QED) is 0.901. The fourth-order valence-electron chi connectivity index (χ4n) is 1.58. The van der Waals surface area contributed by atoms with Crippen LogP contribution in [0.1, 0.15) is 26.4 Å². The number of halogens is 1. The monoisotopic (exact) mass is 274 g/mol. The van der Waals surface area contributed by atoms with E-state index in [0.29, 0.717) is 5.69 Å². The van der Waals surface area contributed by atoms with Gasteiger partial charge in [-0.05, 0) is 36.8 Å². The number of carbonyl (C=O) groups is 2. The van der Waals surface area contributed by atoms with Crippen molar-refractivity contribution in [3.8, 4) is 0 Å². The highest BCUT2D eigenvalue weighted by Gasteiger charge is 2.10. The first-order chi connectivity index (χ1) is 9.47. The summed E-state index contributed by atoms with van der Waals surface area (Å²) >= 11 is 0. The minimum Gasteiger partial charge on any atom is -0.477 e. The molecule has 1 aromatic carbocycles. The van der Waals surface area contributed by atoms with Crippen LogP contribution in [-0.4, -0.2) is 22.0 Å². The first kappa shape index (κ1) is 13.7. The minimum atomic E-state index is -1.17. The van der Waals surface area contributed by atoms with Crippen molar-refractivity contribution in [2.24, 2.45) is 0 Å². The predicted octanol–water partition coefficient (Wildman–Crippen LogP) is 2.48. The summed E-state index contributed by atoms with van der Waals surface area (Å²) in [6, 6.07) is 6.65. The third-order valence-corrected chi connectivity index (χ3v) is 2.69. The molecule has 5 nitrogen and oxygen atoms in total. The van der Waals surface area contributed by atoms with Crippen LogP contribution in [0.3, 0.4) is 0 Å². The van der Waals surface area contributed by atoms with Gasteiger partial charge in [-0.25, -0.2) is 14.2 Å². The predicted molar refractivity (Wildman–Crippen MR) is 70.3 cm³/mol. The Balaban J connectivity index is 2.19. The largest absolute Gasteiger partial charge is 0.477 e. The number of carboxylic acids is 1. The van der Waals surface area contributed by atoms with Gasteiger partial charge < -0.3 is 10.4 Å². The number of nitrogens with zero attached hydrogens (tertiary/aromatic N) is 1. The Bertz CT molecular complexity index is 669. The summed E-state index contributed by atoms with van der Waals surface area (Å²) in [5, 5.41) is 11.3. The molecule has 20 heavy (non-hydrogen) atoms. The van der Waals surface area contributed by atoms with Crippen LogP contribution in [0.25, 0.3) is 0 Å². The number of carboxylic acid groups (broad SMARTS) is 1. The Morgan fingerprint density at radius 1 is 1.25 bits per heavy atom. The SMILES string of the molecule is Cc1ccc(F)cc1NC(=O)c1ccc(C(=O)O)nc1. The van der Waals surface area contributed by atoms with Gasteiger partial charge in [-0.1, -0.05) is 6.07 Å². The third-order valence-electron chi connectivity index (χ3n) is 2.69. The standard InChI is InChI=1S/C14H11FN2O3/c1-8-2-4-10(15)6-12(8)17-13(18)9-3-5-11(14(19)20)16-7-9/h2-7H,1H3,(H,17,18)(H,19,20). The highest BCUT2D eigenvalue weighted by molar-refractivity contribution is 6.04. The summed E-state index contributed by atoms with van der Waals surface area (Å²) in [5.41, 5.74) is 1.12. The van der Waals surface area contributed by atoms with Crippen LogP contribution in [0, 0.1) is 12.7 Å². The molecule has 0 saturated heterocycles. The Morgan fingerprint density at radius 2 is 2.00 bits per heavy atom. The number of aryl methyl sites for hydroxylation is 1. The maximum atomic E-state index is 13.1. The molecule has 0 aliphatic carbocycles. The number of carbonyl (C=O) groups excluding carboxylic acids is 1. The van der Waals surface area contributed by atoms with Crippen LogP contribution < -0.4 is 5.32 Å². The first-order valence-corrected chi connectivity index (χ1v) is 5.74. The van der Waals surface area contributed by atoms with Crippen molar-refractivity contribution in [1.82, 2.24) is 4.98 Å². The van der Waals surface area contributed by atoms with E-state index < -0.39 is 17.7 Å². The second-order valence-electron chi connectivity index (χ2n) is 4.15. The van der Waals surface area contributed by atoms with Crippen molar-refractivity contribution in [1.29, 1.82) is 0 Å². The third kappa shape index (κ3) is 2.97. The molecule has 0 fully saturated rings. The van der Waals surface area contributed by atoms with Crippen LogP contribution in [0.5, 0.6) is 0 Å². The second kappa shape index (κ2) is 5.48. The summed E-state index contributed by atoms with van der Waals surface area (Å²) in [7, 11) is 0. The molecule has 0 aliphatic rings. The number of nitrogens with one attached hydrogen (secondary N) is 1. The number of pyridine rings is 1. The van der Waals surface area contributed by atoms with E-state index in [0.717, 1.165) is 11.8 Å². The average molecular weight is 274 g/mol. The number of benzene rings is 1. The van der Waals surface area contributed by atoms with Gasteiger partial charge in [0.25, 0.3) is 5.91 Å². The maximum absolute atomic E-state index is 13.1. The molecular weight excluding hydrogens is 263 g/mol. The van der Waals surface area contributed by atoms with E-state index in [-0.39, 0.29) is 11.3 Å². The molecule has 1 amide bonds. The number of hydrogen-bond acceptors (Lipinski definition) is 3. The number of aromatic carboxylic acids is 1. The lowest BCUT2D eigenvalue weighted by Gasteiger charge is -2.08. The molecule has 0 atom stereocenters. The Morgan fingerprint density at radius 3 is 2.60 bits per heavy atom. The van der Waals surface area contributed by atoms with E-state index in [1.165, 1.54) is 24.3 Å². The van der Waals surface area contributed by atoms with E-state index >= 15 is 0 Å². The lowest BCUT2D eigenvalue weighted by Crippen LogP contribution is -2.14. The van der Waals surface area contributed by atoms with Crippen molar-refractivity contribution in [2.45, 2.75) is 6.92 Å². The molecule has 102 valence electrons. The summed E-state index contributed by atoms with van der Waals surface area (Å²) in [4.78, 5) is 26.2. The van der Waals surface area contributed by atoms with Crippen molar-refractivity contribution in [3.63, 3.8) is 0 Å². The zero-order valence-electron chi connectivity index (χ0n) is 10.6. The summed E-state index contributed by atoms with van der Waals surface area (Å²) < 4.78 is 13.1. The molecule has 2 N–H and O–H groups in total. The van der Waals surface area contributed by atoms with E-state index in [1.54, 1.807) is 13.0 Å². The van der Waals surface area contributed by atoms with Gasteiger partial charge in [-0.3, -0.25) is 4.79 Å². The molecular formula is C14H11FN2O3. The van der Waals surface area contributed by atoms with Gasteiger partial charge in [-0.2, -0.15) is 0 Å². The number of rotatable bonds is 3. The molecule has 2 aromatic rings. The molecule has 0 aliphatic heterocycles. The van der Waals surface area contributed by atoms with E-state index in [1.807, 2.05) is 0 Å². The Kier molecular flexibility index (Phi) is 3.74. The van der Waals surface area contributed by atoms with Gasteiger partial charge in [0.05, 0.1) is 5.56 Å². The van der Waals surface area contributed by atoms with Crippen molar-refractivity contribution < 1.29 is 19.1 Å². The van der Waals surface area contributed by atoms with E-state index in [4.69, 9.17) is 5.11 Å². The van der Waals surface area contributed by atoms with Gasteiger partial charge >= 0.3 is 5.97 Å². The average Bonchev–Trinajstić information content (AvgIpc) is 2.43. The molecule has 6 heteroatoms. The Hall–Kier alpha value is -2.76. The summed E-state index contributed by atoms with van der Waals surface area (Å²) in [6.07, 6.45) is 1.16. The molecule has 0 unspecified atom stereocenters. The van der Waals surface area contributed by atoms with Gasteiger partial charge in [-0.15, -0.1) is 0 Å². The Labute approximate surface area is 114 Å². The van der Waals surface area contributed by atoms with E-state index in [9.17, 15) is 14.0 Å². The normalized spacial score (nSPS) is 10.1. The fraction of sp³-hybridized carbons (Fsp3) is 0.0714. The van der Waals surface area contributed by atoms with Gasteiger partial charge in [0, 0.05) is 11.9 Å². The molecule has 1 aromatic heterocycles. The second-order valence-corrected chi connectivity index (χ2v) is 4.15. The maximum Gasteiger partial charge on any atom is 0.354 e. The topological polar surface area (TPSA) is 79.3 Å². The molecule has 1 heterocycles. The molecule has 0 saturated carbocycles. The van der Waals surface area contributed by atoms with Crippen molar-refractivity contribution in [3.05, 3.63) is 59.2 Å². The highest BCUT2D eigenvalue weighted by atomic mass is 19.1. The molecule has 2 rings (SSSR count). The zero-order chi connectivity index (χ0) is 14.7. The van der Waals surface area contributed by atoms with Crippen LogP contribution >= 0.6 is 0 Å². The highest BCUT2D eigenvalue weighted by Crippen LogP contribution is 2.17. The molecule has 0 bridgehead atoms. The first-order valence-electron chi connectivity index (χ1n) is 5.74. The van der Waals surface area contributed by atoms with Gasteiger partial charge in [0.1, 0.15) is 11.5 Å². The lowest BCUT2D eigenvalue weighted by molar-refractivity contribution is 0.0690. The molecule has 0 radical (unpaired) electrons. The lowest BCUT2D eigenvalue weighted by atomic mass is 10.2. The van der Waals surface area contributed by atoms with Gasteiger partial charge in [0.15, 0.2) is 0 Å². The number of hydrogen-bond donors (Lipinski definition) is 2. The van der Waals surface area contributed by atoms with Crippen LogP contribution in [0.15, 0.2) is 36.5 Å². The van der Waals surface area contributed by atoms with Crippen molar-refractivity contribution in [2.75, 3.05) is 5.32 Å². The van der Waals surface area contributed by atoms with Crippen LogP contribution in [0.2, 0.25) is 0 Å².